The molecular weight excluding hydrogens is 312 g/mol. The monoisotopic (exact) mass is 324 g/mol. The lowest BCUT2D eigenvalue weighted by Gasteiger charge is -2.09. The van der Waals surface area contributed by atoms with E-state index in [1.807, 2.05) is 0 Å². The summed E-state index contributed by atoms with van der Waals surface area (Å²) in [6.07, 6.45) is 1.55. The van der Waals surface area contributed by atoms with Crippen LogP contribution in [-0.4, -0.2) is 22.2 Å². The Labute approximate surface area is 119 Å². The van der Waals surface area contributed by atoms with Gasteiger partial charge in [-0.2, -0.15) is 4.98 Å². The van der Waals surface area contributed by atoms with Crippen molar-refractivity contribution in [3.8, 4) is 17.5 Å². The van der Waals surface area contributed by atoms with E-state index in [1.54, 1.807) is 38.4 Å². The summed E-state index contributed by atoms with van der Waals surface area (Å²) >= 11 is 3.39. The van der Waals surface area contributed by atoms with Gasteiger partial charge in [0.15, 0.2) is 0 Å². The third kappa shape index (κ3) is 3.21. The number of methoxy groups -OCH3 is 1. The molecule has 2 aromatic rings. The molecule has 0 saturated carbocycles. The molecule has 0 fully saturated rings. The molecule has 0 aliphatic carbocycles. The van der Waals surface area contributed by atoms with Crippen molar-refractivity contribution in [3.05, 3.63) is 40.1 Å². The summed E-state index contributed by atoms with van der Waals surface area (Å²) in [6, 6.07) is 5.58. The SMILES string of the molecule is COc1ccc(Oc2ncc(CO)c(C)n2)c(Br)c1. The average Bonchev–Trinajstić information content (AvgIpc) is 2.41. The van der Waals surface area contributed by atoms with Gasteiger partial charge in [-0.1, -0.05) is 0 Å². The molecule has 0 unspecified atom stereocenters. The van der Waals surface area contributed by atoms with E-state index >= 15 is 0 Å². The molecule has 0 radical (unpaired) electrons. The maximum absolute atomic E-state index is 9.06. The molecule has 0 spiro atoms. The van der Waals surface area contributed by atoms with E-state index in [0.29, 0.717) is 17.0 Å². The van der Waals surface area contributed by atoms with Gasteiger partial charge in [0.1, 0.15) is 11.5 Å². The summed E-state index contributed by atoms with van der Waals surface area (Å²) < 4.78 is 11.4. The predicted octanol–water partition coefficient (Wildman–Crippen LogP) is 2.84. The summed E-state index contributed by atoms with van der Waals surface area (Å²) in [5.41, 5.74) is 1.37. The number of nitrogens with zero attached hydrogens (tertiary/aromatic N) is 2. The van der Waals surface area contributed by atoms with Crippen LogP contribution >= 0.6 is 15.9 Å². The summed E-state index contributed by atoms with van der Waals surface area (Å²) in [5, 5.41) is 9.06. The number of rotatable bonds is 4. The summed E-state index contributed by atoms with van der Waals surface area (Å²) in [4.78, 5) is 8.22. The highest BCUT2D eigenvalue weighted by molar-refractivity contribution is 9.10. The minimum absolute atomic E-state index is 0.0850. The standard InChI is InChI=1S/C13H13BrN2O3/c1-8-9(7-17)6-15-13(16-8)19-12-4-3-10(18-2)5-11(12)14/h3-6,17H,7H2,1-2H3. The van der Waals surface area contributed by atoms with Gasteiger partial charge in [0.05, 0.1) is 23.9 Å². The van der Waals surface area contributed by atoms with Crippen LogP contribution in [0.15, 0.2) is 28.9 Å². The first-order valence-corrected chi connectivity index (χ1v) is 6.38. The first-order chi connectivity index (χ1) is 9.13. The second-order valence-electron chi connectivity index (χ2n) is 3.82. The van der Waals surface area contributed by atoms with Crippen LogP contribution in [0.25, 0.3) is 0 Å². The Morgan fingerprint density at radius 1 is 1.37 bits per heavy atom. The molecule has 1 heterocycles. The van der Waals surface area contributed by atoms with Crippen molar-refractivity contribution in [1.82, 2.24) is 9.97 Å². The number of benzene rings is 1. The Morgan fingerprint density at radius 3 is 2.74 bits per heavy atom. The second kappa shape index (κ2) is 5.99. The van der Waals surface area contributed by atoms with E-state index in [4.69, 9.17) is 14.6 Å². The zero-order chi connectivity index (χ0) is 13.8. The number of halogens is 1. The summed E-state index contributed by atoms with van der Waals surface area (Å²) in [5.74, 6) is 1.32. The van der Waals surface area contributed by atoms with Crippen LogP contribution in [0.3, 0.4) is 0 Å². The molecule has 0 amide bonds. The Kier molecular flexibility index (Phi) is 4.34. The molecule has 5 nitrogen and oxygen atoms in total. The minimum Gasteiger partial charge on any atom is -0.497 e. The topological polar surface area (TPSA) is 64.5 Å². The third-order valence-electron chi connectivity index (χ3n) is 2.57. The molecule has 100 valence electrons. The largest absolute Gasteiger partial charge is 0.497 e. The quantitative estimate of drug-likeness (QED) is 0.936. The van der Waals surface area contributed by atoms with Crippen molar-refractivity contribution in [2.75, 3.05) is 7.11 Å². The lowest BCUT2D eigenvalue weighted by atomic mass is 10.3. The Bertz CT molecular complexity index is 590. The lowest BCUT2D eigenvalue weighted by molar-refractivity contribution is 0.279. The van der Waals surface area contributed by atoms with Crippen LogP contribution < -0.4 is 9.47 Å². The molecule has 0 atom stereocenters. The highest BCUT2D eigenvalue weighted by Crippen LogP contribution is 2.31. The van der Waals surface area contributed by atoms with E-state index in [2.05, 4.69) is 25.9 Å². The molecular formula is C13H13BrN2O3. The molecule has 1 aromatic heterocycles. The third-order valence-corrected chi connectivity index (χ3v) is 3.19. The van der Waals surface area contributed by atoms with Crippen molar-refractivity contribution in [2.45, 2.75) is 13.5 Å². The van der Waals surface area contributed by atoms with Gasteiger partial charge in [-0.15, -0.1) is 0 Å². The zero-order valence-electron chi connectivity index (χ0n) is 10.6. The van der Waals surface area contributed by atoms with Crippen LogP contribution in [0.2, 0.25) is 0 Å². The fourth-order valence-electron chi connectivity index (χ4n) is 1.46. The lowest BCUT2D eigenvalue weighted by Crippen LogP contribution is -1.98. The molecule has 2 rings (SSSR count). The van der Waals surface area contributed by atoms with E-state index in [0.717, 1.165) is 10.2 Å². The maximum Gasteiger partial charge on any atom is 0.322 e. The van der Waals surface area contributed by atoms with Crippen LogP contribution in [0.5, 0.6) is 17.5 Å². The first kappa shape index (κ1) is 13.8. The van der Waals surface area contributed by atoms with Gasteiger partial charge in [-0.05, 0) is 41.1 Å². The normalized spacial score (nSPS) is 10.3. The molecule has 6 heteroatoms. The predicted molar refractivity (Wildman–Crippen MR) is 73.5 cm³/mol. The van der Waals surface area contributed by atoms with Crippen LogP contribution in [0, 0.1) is 6.92 Å². The van der Waals surface area contributed by atoms with Crippen molar-refractivity contribution in [3.63, 3.8) is 0 Å². The van der Waals surface area contributed by atoms with E-state index < -0.39 is 0 Å². The fraction of sp³-hybridized carbons (Fsp3) is 0.231. The van der Waals surface area contributed by atoms with Gasteiger partial charge in [0.2, 0.25) is 0 Å². The highest BCUT2D eigenvalue weighted by Gasteiger charge is 2.08. The van der Waals surface area contributed by atoms with E-state index in [9.17, 15) is 0 Å². The van der Waals surface area contributed by atoms with Crippen molar-refractivity contribution in [1.29, 1.82) is 0 Å². The molecule has 1 N–H and O–H groups in total. The first-order valence-electron chi connectivity index (χ1n) is 5.59. The Morgan fingerprint density at radius 2 is 2.16 bits per heavy atom. The molecule has 0 aliphatic heterocycles. The number of ether oxygens (including phenoxy) is 2. The number of aliphatic hydroxyl groups excluding tert-OH is 1. The maximum atomic E-state index is 9.06. The highest BCUT2D eigenvalue weighted by atomic mass is 79.9. The van der Waals surface area contributed by atoms with Gasteiger partial charge >= 0.3 is 6.01 Å². The van der Waals surface area contributed by atoms with Gasteiger partial charge in [-0.3, -0.25) is 0 Å². The number of hydrogen-bond donors (Lipinski definition) is 1. The van der Waals surface area contributed by atoms with Crippen LogP contribution in [0.4, 0.5) is 0 Å². The summed E-state index contributed by atoms with van der Waals surface area (Å²) in [6.45, 7) is 1.71. The smallest absolute Gasteiger partial charge is 0.322 e. The zero-order valence-corrected chi connectivity index (χ0v) is 12.1. The van der Waals surface area contributed by atoms with Crippen molar-refractivity contribution >= 4 is 15.9 Å². The Hall–Kier alpha value is -1.66. The van der Waals surface area contributed by atoms with Crippen molar-refractivity contribution < 1.29 is 14.6 Å². The molecule has 1 aromatic carbocycles. The number of aromatic nitrogens is 2. The Balaban J connectivity index is 2.23. The van der Waals surface area contributed by atoms with Gasteiger partial charge in [-0.25, -0.2) is 4.98 Å². The molecule has 0 aliphatic rings. The second-order valence-corrected chi connectivity index (χ2v) is 4.67. The van der Waals surface area contributed by atoms with Gasteiger partial charge in [0.25, 0.3) is 0 Å². The molecule has 19 heavy (non-hydrogen) atoms. The van der Waals surface area contributed by atoms with E-state index in [-0.39, 0.29) is 12.6 Å². The van der Waals surface area contributed by atoms with Crippen LogP contribution in [0.1, 0.15) is 11.3 Å². The fourth-order valence-corrected chi connectivity index (χ4v) is 1.90. The van der Waals surface area contributed by atoms with Crippen LogP contribution in [-0.2, 0) is 6.61 Å². The van der Waals surface area contributed by atoms with Gasteiger partial charge in [0, 0.05) is 11.8 Å². The van der Waals surface area contributed by atoms with E-state index in [1.165, 1.54) is 0 Å². The molecule has 0 bridgehead atoms. The molecule has 0 saturated heterocycles. The van der Waals surface area contributed by atoms with Crippen molar-refractivity contribution in [2.24, 2.45) is 0 Å². The summed E-state index contributed by atoms with van der Waals surface area (Å²) in [7, 11) is 1.60. The minimum atomic E-state index is -0.0850. The number of aryl methyl sites for hydroxylation is 1. The number of aliphatic hydroxyl groups is 1. The van der Waals surface area contributed by atoms with Gasteiger partial charge < -0.3 is 14.6 Å². The average molecular weight is 325 g/mol. The number of hydrogen-bond acceptors (Lipinski definition) is 5.